The first-order chi connectivity index (χ1) is 10.7. The van der Waals surface area contributed by atoms with Crippen molar-refractivity contribution in [3.63, 3.8) is 0 Å². The van der Waals surface area contributed by atoms with Gasteiger partial charge in [-0.15, -0.1) is 0 Å². The number of hydrogen-bond acceptors (Lipinski definition) is 6. The number of imidazole rings is 1. The van der Waals surface area contributed by atoms with E-state index in [9.17, 15) is 4.79 Å². The third-order valence-corrected chi connectivity index (χ3v) is 3.14. The van der Waals surface area contributed by atoms with E-state index in [0.29, 0.717) is 17.2 Å². The lowest BCUT2D eigenvalue weighted by Gasteiger charge is -2.11. The van der Waals surface area contributed by atoms with Crippen LogP contribution in [0.15, 0.2) is 36.8 Å². The second-order valence-electron chi connectivity index (χ2n) is 4.60. The van der Waals surface area contributed by atoms with Crippen LogP contribution in [0, 0.1) is 0 Å². The zero-order valence-electron chi connectivity index (χ0n) is 11.9. The number of hydrogen-bond donors (Lipinski definition) is 1. The third kappa shape index (κ3) is 2.73. The Morgan fingerprint density at radius 3 is 2.86 bits per heavy atom. The number of nitrogens with zero attached hydrogens (tertiary/aromatic N) is 1. The maximum Gasteiger partial charge on any atom is 0.340 e. The molecule has 3 rings (SSSR count). The van der Waals surface area contributed by atoms with Gasteiger partial charge in [-0.1, -0.05) is 6.58 Å². The Morgan fingerprint density at radius 2 is 2.18 bits per heavy atom. The van der Waals surface area contributed by atoms with E-state index >= 15 is 0 Å². The lowest BCUT2D eigenvalue weighted by atomic mass is 10.0. The molecule has 1 N–H and O–H groups in total. The molecule has 1 aromatic heterocycles. The number of esters is 1. The minimum absolute atomic E-state index is 0.171. The number of fused-ring (bicyclic) bond motifs is 1. The maximum absolute atomic E-state index is 12.0. The van der Waals surface area contributed by atoms with Crippen LogP contribution < -0.4 is 18.9 Å². The van der Waals surface area contributed by atoms with Crippen LogP contribution in [0.4, 0.5) is 0 Å². The van der Waals surface area contributed by atoms with Gasteiger partial charge in [-0.05, 0) is 6.07 Å². The number of aromatic nitrogens is 2. The molecule has 0 saturated carbocycles. The van der Waals surface area contributed by atoms with Crippen LogP contribution in [0.25, 0.3) is 0 Å². The second kappa shape index (κ2) is 5.80. The Hall–Kier alpha value is -2.96. The van der Waals surface area contributed by atoms with Gasteiger partial charge < -0.3 is 23.9 Å². The zero-order valence-corrected chi connectivity index (χ0v) is 11.9. The Balaban J connectivity index is 1.74. The number of ether oxygens (including phenoxy) is 4. The molecular formula is C15H14N2O5. The maximum atomic E-state index is 12.0. The molecule has 2 heterocycles. The highest BCUT2D eigenvalue weighted by molar-refractivity contribution is 5.89. The molecular weight excluding hydrogens is 288 g/mol. The molecule has 0 radical (unpaired) electrons. The number of H-pyrrole nitrogens is 1. The van der Waals surface area contributed by atoms with Crippen molar-refractivity contribution in [2.24, 2.45) is 0 Å². The molecule has 0 amide bonds. The van der Waals surface area contributed by atoms with Crippen molar-refractivity contribution in [1.82, 2.24) is 9.97 Å². The summed E-state index contributed by atoms with van der Waals surface area (Å²) >= 11 is 0. The van der Waals surface area contributed by atoms with E-state index < -0.39 is 5.97 Å². The van der Waals surface area contributed by atoms with E-state index in [1.807, 2.05) is 0 Å². The molecule has 0 fully saturated rings. The van der Waals surface area contributed by atoms with Crippen molar-refractivity contribution in [1.29, 1.82) is 0 Å². The molecule has 0 bridgehead atoms. The minimum Gasteiger partial charge on any atom is -0.496 e. The van der Waals surface area contributed by atoms with Crippen LogP contribution in [0.5, 0.6) is 23.1 Å². The normalized spacial score (nSPS) is 12.0. The van der Waals surface area contributed by atoms with Crippen molar-refractivity contribution >= 4 is 5.97 Å². The van der Waals surface area contributed by atoms with Gasteiger partial charge >= 0.3 is 5.97 Å². The van der Waals surface area contributed by atoms with Crippen LogP contribution in [-0.2, 0) is 11.2 Å². The summed E-state index contributed by atoms with van der Waals surface area (Å²) in [6.45, 7) is 3.93. The van der Waals surface area contributed by atoms with Gasteiger partial charge in [0.25, 0.3) is 0 Å². The standard InChI is InChI=1S/C15H14N2O5/c1-9(15(18)22-14-6-16-7-17-14)3-10-4-12-13(21-8-20-12)5-11(10)19-2/h4-7H,1,3,8H2,2H3,(H,16,17). The number of rotatable bonds is 5. The van der Waals surface area contributed by atoms with Crippen LogP contribution in [0.3, 0.4) is 0 Å². The van der Waals surface area contributed by atoms with Gasteiger partial charge in [-0.2, -0.15) is 0 Å². The minimum atomic E-state index is -0.538. The fourth-order valence-corrected chi connectivity index (χ4v) is 2.07. The largest absolute Gasteiger partial charge is 0.496 e. The first-order valence-electron chi connectivity index (χ1n) is 6.52. The first kappa shape index (κ1) is 14.0. The fourth-order valence-electron chi connectivity index (χ4n) is 2.07. The molecule has 1 aromatic carbocycles. The van der Waals surface area contributed by atoms with Gasteiger partial charge in [0, 0.05) is 23.6 Å². The third-order valence-electron chi connectivity index (χ3n) is 3.14. The van der Waals surface area contributed by atoms with Crippen molar-refractivity contribution in [3.05, 3.63) is 42.4 Å². The quantitative estimate of drug-likeness (QED) is 0.670. The molecule has 0 saturated heterocycles. The van der Waals surface area contributed by atoms with Crippen LogP contribution in [-0.4, -0.2) is 29.8 Å². The molecule has 0 unspecified atom stereocenters. The predicted molar refractivity (Wildman–Crippen MR) is 76.2 cm³/mol. The summed E-state index contributed by atoms with van der Waals surface area (Å²) in [5.41, 5.74) is 1.05. The molecule has 1 aliphatic heterocycles. The highest BCUT2D eigenvalue weighted by atomic mass is 16.7. The van der Waals surface area contributed by atoms with Crippen LogP contribution >= 0.6 is 0 Å². The average Bonchev–Trinajstić information content (AvgIpc) is 3.17. The second-order valence-corrected chi connectivity index (χ2v) is 4.60. The summed E-state index contributed by atoms with van der Waals surface area (Å²) in [5.74, 6) is 1.56. The molecule has 114 valence electrons. The number of carbonyl (C=O) groups excluding carboxylic acids is 1. The summed E-state index contributed by atoms with van der Waals surface area (Å²) in [6, 6.07) is 3.50. The van der Waals surface area contributed by atoms with Crippen molar-refractivity contribution in [2.45, 2.75) is 6.42 Å². The molecule has 2 aromatic rings. The molecule has 22 heavy (non-hydrogen) atoms. The Labute approximate surface area is 126 Å². The molecule has 7 heteroatoms. The summed E-state index contributed by atoms with van der Waals surface area (Å²) in [7, 11) is 1.55. The topological polar surface area (TPSA) is 82.7 Å². The number of methoxy groups -OCH3 is 1. The van der Waals surface area contributed by atoms with E-state index in [0.717, 1.165) is 5.56 Å². The van der Waals surface area contributed by atoms with E-state index in [4.69, 9.17) is 18.9 Å². The van der Waals surface area contributed by atoms with E-state index in [-0.39, 0.29) is 24.7 Å². The van der Waals surface area contributed by atoms with Gasteiger partial charge in [0.2, 0.25) is 12.7 Å². The van der Waals surface area contributed by atoms with Crippen molar-refractivity contribution in [3.8, 4) is 23.1 Å². The van der Waals surface area contributed by atoms with Crippen molar-refractivity contribution in [2.75, 3.05) is 13.9 Å². The van der Waals surface area contributed by atoms with E-state index in [2.05, 4.69) is 16.5 Å². The monoisotopic (exact) mass is 302 g/mol. The fraction of sp³-hybridized carbons (Fsp3) is 0.200. The highest BCUT2D eigenvalue weighted by Gasteiger charge is 2.20. The smallest absolute Gasteiger partial charge is 0.340 e. The summed E-state index contributed by atoms with van der Waals surface area (Å²) in [4.78, 5) is 18.4. The zero-order chi connectivity index (χ0) is 15.5. The van der Waals surface area contributed by atoms with Gasteiger partial charge in [-0.25, -0.2) is 9.78 Å². The first-order valence-corrected chi connectivity index (χ1v) is 6.52. The Morgan fingerprint density at radius 1 is 1.41 bits per heavy atom. The number of benzene rings is 1. The SMILES string of the molecule is C=C(Cc1cc2c(cc1OC)OCO2)C(=O)Oc1cnc[nH]1. The highest BCUT2D eigenvalue weighted by Crippen LogP contribution is 2.38. The summed E-state index contributed by atoms with van der Waals surface area (Å²) in [6.07, 6.45) is 3.10. The summed E-state index contributed by atoms with van der Waals surface area (Å²) < 4.78 is 21.0. The number of carbonyl (C=O) groups is 1. The molecule has 0 spiro atoms. The Bertz CT molecular complexity index is 709. The van der Waals surface area contributed by atoms with Gasteiger partial charge in [-0.3, -0.25) is 0 Å². The predicted octanol–water partition coefficient (Wildman–Crippen LogP) is 1.85. The molecule has 0 atom stereocenters. The van der Waals surface area contributed by atoms with E-state index in [1.54, 1.807) is 19.2 Å². The summed E-state index contributed by atoms with van der Waals surface area (Å²) in [5, 5.41) is 0. The van der Waals surface area contributed by atoms with Crippen LogP contribution in [0.1, 0.15) is 5.56 Å². The van der Waals surface area contributed by atoms with Gasteiger partial charge in [0.15, 0.2) is 11.5 Å². The van der Waals surface area contributed by atoms with Gasteiger partial charge in [0.05, 0.1) is 19.6 Å². The number of nitrogens with one attached hydrogen (secondary N) is 1. The molecule has 7 nitrogen and oxygen atoms in total. The lowest BCUT2D eigenvalue weighted by molar-refractivity contribution is -0.130. The van der Waals surface area contributed by atoms with E-state index in [1.165, 1.54) is 12.5 Å². The molecule has 0 aliphatic carbocycles. The van der Waals surface area contributed by atoms with Crippen LogP contribution in [0.2, 0.25) is 0 Å². The van der Waals surface area contributed by atoms with Crippen molar-refractivity contribution < 1.29 is 23.7 Å². The number of aromatic amines is 1. The van der Waals surface area contributed by atoms with Gasteiger partial charge in [0.1, 0.15) is 5.75 Å². The Kier molecular flexibility index (Phi) is 3.69. The molecule has 1 aliphatic rings. The average molecular weight is 302 g/mol. The lowest BCUT2D eigenvalue weighted by Crippen LogP contribution is -2.12.